The number of fused-ring (bicyclic) bond motifs is 1. The number of hydrogen-bond acceptors (Lipinski definition) is 4. The van der Waals surface area contributed by atoms with Crippen molar-refractivity contribution in [1.82, 2.24) is 9.80 Å². The van der Waals surface area contributed by atoms with E-state index in [1.54, 1.807) is 0 Å². The fourth-order valence-electron chi connectivity index (χ4n) is 2.76. The first kappa shape index (κ1) is 14.8. The quantitative estimate of drug-likeness (QED) is 0.889. The third-order valence-electron chi connectivity index (χ3n) is 3.83. The molecule has 0 bridgehead atoms. The first-order chi connectivity index (χ1) is 8.72. The minimum absolute atomic E-state index is 0. The van der Waals surface area contributed by atoms with Crippen molar-refractivity contribution in [1.29, 1.82) is 0 Å². The number of nitrogens with zero attached hydrogens (tertiary/aromatic N) is 2. The molecule has 2 N–H and O–H groups in total. The van der Waals surface area contributed by atoms with Gasteiger partial charge in [-0.25, -0.2) is 0 Å². The predicted octanol–water partition coefficient (Wildman–Crippen LogP) is 1.09. The summed E-state index contributed by atoms with van der Waals surface area (Å²) >= 11 is 1.81. The third kappa shape index (κ3) is 3.28. The summed E-state index contributed by atoms with van der Waals surface area (Å²) in [5, 5.41) is 2.12. The zero-order chi connectivity index (χ0) is 12.5. The summed E-state index contributed by atoms with van der Waals surface area (Å²) in [6.45, 7) is 4.02. The van der Waals surface area contributed by atoms with Crippen LogP contribution in [0.1, 0.15) is 16.9 Å². The summed E-state index contributed by atoms with van der Waals surface area (Å²) in [5.74, 6) is 0.251. The molecule has 0 aromatic carbocycles. The first-order valence-electron chi connectivity index (χ1n) is 6.53. The SMILES string of the molecule is Cl.NC1CCN(CC(=O)N2CCc3sccc3C2)C1. The summed E-state index contributed by atoms with van der Waals surface area (Å²) in [6, 6.07) is 2.40. The molecule has 1 unspecified atom stereocenters. The van der Waals surface area contributed by atoms with Gasteiger partial charge in [0.25, 0.3) is 0 Å². The van der Waals surface area contributed by atoms with Crippen molar-refractivity contribution in [3.05, 3.63) is 21.9 Å². The van der Waals surface area contributed by atoms with Gasteiger partial charge in [-0.05, 0) is 29.9 Å². The summed E-state index contributed by atoms with van der Waals surface area (Å²) in [5.41, 5.74) is 7.19. The molecule has 3 rings (SSSR count). The Kier molecular flexibility index (Phi) is 4.84. The lowest BCUT2D eigenvalue weighted by atomic mass is 10.1. The second-order valence-corrected chi connectivity index (χ2v) is 6.22. The number of halogens is 1. The van der Waals surface area contributed by atoms with Crippen molar-refractivity contribution in [2.24, 2.45) is 5.73 Å². The average molecular weight is 302 g/mol. The van der Waals surface area contributed by atoms with Gasteiger partial charge in [-0.15, -0.1) is 23.7 Å². The molecule has 0 saturated carbocycles. The molecule has 1 aromatic rings. The van der Waals surface area contributed by atoms with Crippen LogP contribution < -0.4 is 5.73 Å². The van der Waals surface area contributed by atoms with Crippen molar-refractivity contribution in [3.8, 4) is 0 Å². The van der Waals surface area contributed by atoms with E-state index in [1.807, 2.05) is 16.2 Å². The van der Waals surface area contributed by atoms with Crippen molar-refractivity contribution in [3.63, 3.8) is 0 Å². The Labute approximate surface area is 124 Å². The van der Waals surface area contributed by atoms with E-state index in [0.29, 0.717) is 6.54 Å². The van der Waals surface area contributed by atoms with Gasteiger partial charge in [0.05, 0.1) is 6.54 Å². The van der Waals surface area contributed by atoms with Crippen LogP contribution in [-0.2, 0) is 17.8 Å². The second-order valence-electron chi connectivity index (χ2n) is 5.22. The number of hydrogen-bond donors (Lipinski definition) is 1. The molecule has 1 saturated heterocycles. The van der Waals surface area contributed by atoms with Crippen LogP contribution in [0, 0.1) is 0 Å². The first-order valence-corrected chi connectivity index (χ1v) is 7.41. The fraction of sp³-hybridized carbons (Fsp3) is 0.615. The van der Waals surface area contributed by atoms with Gasteiger partial charge >= 0.3 is 0 Å². The van der Waals surface area contributed by atoms with Gasteiger partial charge in [-0.3, -0.25) is 9.69 Å². The number of rotatable bonds is 2. The number of carbonyl (C=O) groups excluding carboxylic acids is 1. The number of carbonyl (C=O) groups is 1. The molecule has 1 fully saturated rings. The van der Waals surface area contributed by atoms with Gasteiger partial charge in [-0.2, -0.15) is 0 Å². The summed E-state index contributed by atoms with van der Waals surface area (Å²) in [7, 11) is 0. The van der Waals surface area contributed by atoms with Crippen molar-refractivity contribution < 1.29 is 4.79 Å². The van der Waals surface area contributed by atoms with Crippen LogP contribution in [0.3, 0.4) is 0 Å². The van der Waals surface area contributed by atoms with Crippen LogP contribution in [-0.4, -0.2) is 47.9 Å². The molecule has 19 heavy (non-hydrogen) atoms. The highest BCUT2D eigenvalue weighted by Crippen LogP contribution is 2.24. The Morgan fingerprint density at radius 3 is 3.05 bits per heavy atom. The zero-order valence-corrected chi connectivity index (χ0v) is 12.5. The second kappa shape index (κ2) is 6.22. The molecule has 106 valence electrons. The molecular formula is C13H20ClN3OS. The van der Waals surface area contributed by atoms with Crippen molar-refractivity contribution in [2.45, 2.75) is 25.4 Å². The topological polar surface area (TPSA) is 49.6 Å². The maximum Gasteiger partial charge on any atom is 0.237 e. The maximum atomic E-state index is 12.2. The number of amides is 1. The molecule has 1 atom stereocenters. The summed E-state index contributed by atoms with van der Waals surface area (Å²) in [6.07, 6.45) is 2.03. The van der Waals surface area contributed by atoms with Crippen molar-refractivity contribution >= 4 is 29.7 Å². The number of nitrogens with two attached hydrogens (primary N) is 1. The molecular weight excluding hydrogens is 282 g/mol. The summed E-state index contributed by atoms with van der Waals surface area (Å²) in [4.78, 5) is 17.8. The highest BCUT2D eigenvalue weighted by Gasteiger charge is 2.26. The molecule has 3 heterocycles. The molecule has 1 amide bonds. The molecule has 2 aliphatic rings. The lowest BCUT2D eigenvalue weighted by molar-refractivity contribution is -0.133. The lowest BCUT2D eigenvalue weighted by Crippen LogP contribution is -2.42. The Hall–Kier alpha value is -0.620. The van der Waals surface area contributed by atoms with E-state index < -0.39 is 0 Å². The largest absolute Gasteiger partial charge is 0.337 e. The smallest absolute Gasteiger partial charge is 0.237 e. The predicted molar refractivity (Wildman–Crippen MR) is 79.7 cm³/mol. The molecule has 0 aliphatic carbocycles. The van der Waals surface area contributed by atoms with E-state index in [4.69, 9.17) is 5.73 Å². The lowest BCUT2D eigenvalue weighted by Gasteiger charge is -2.28. The maximum absolute atomic E-state index is 12.2. The Balaban J connectivity index is 0.00000133. The third-order valence-corrected chi connectivity index (χ3v) is 4.85. The van der Waals surface area contributed by atoms with E-state index in [9.17, 15) is 4.79 Å². The molecule has 0 radical (unpaired) electrons. The Morgan fingerprint density at radius 1 is 1.47 bits per heavy atom. The number of likely N-dealkylation sites (tertiary alicyclic amines) is 1. The Bertz CT molecular complexity index is 451. The molecule has 0 spiro atoms. The highest BCUT2D eigenvalue weighted by atomic mass is 35.5. The van der Waals surface area contributed by atoms with E-state index in [0.717, 1.165) is 39.0 Å². The van der Waals surface area contributed by atoms with Crippen LogP contribution in [0.5, 0.6) is 0 Å². The number of thiophene rings is 1. The summed E-state index contributed by atoms with van der Waals surface area (Å²) < 4.78 is 0. The highest BCUT2D eigenvalue weighted by molar-refractivity contribution is 7.10. The molecule has 6 heteroatoms. The van der Waals surface area contributed by atoms with Crippen LogP contribution in [0.25, 0.3) is 0 Å². The van der Waals surface area contributed by atoms with Gasteiger partial charge in [0.2, 0.25) is 5.91 Å². The van der Waals surface area contributed by atoms with Crippen molar-refractivity contribution in [2.75, 3.05) is 26.2 Å². The zero-order valence-electron chi connectivity index (χ0n) is 10.9. The van der Waals surface area contributed by atoms with E-state index in [2.05, 4.69) is 16.3 Å². The van der Waals surface area contributed by atoms with Crippen LogP contribution >= 0.6 is 23.7 Å². The van der Waals surface area contributed by atoms with Gasteiger partial charge in [0, 0.05) is 37.1 Å². The van der Waals surface area contributed by atoms with E-state index in [-0.39, 0.29) is 24.4 Å². The molecule has 4 nitrogen and oxygen atoms in total. The minimum atomic E-state index is 0. The van der Waals surface area contributed by atoms with Crippen LogP contribution in [0.15, 0.2) is 11.4 Å². The monoisotopic (exact) mass is 301 g/mol. The Morgan fingerprint density at radius 2 is 2.32 bits per heavy atom. The molecule has 2 aliphatic heterocycles. The van der Waals surface area contributed by atoms with Gasteiger partial charge < -0.3 is 10.6 Å². The van der Waals surface area contributed by atoms with E-state index >= 15 is 0 Å². The van der Waals surface area contributed by atoms with E-state index in [1.165, 1.54) is 10.4 Å². The van der Waals surface area contributed by atoms with Crippen LogP contribution in [0.4, 0.5) is 0 Å². The normalized spacial score (nSPS) is 23.0. The minimum Gasteiger partial charge on any atom is -0.337 e. The standard InChI is InChI=1S/C13H19N3OS.ClH/c14-11-1-4-15(8-11)9-13(17)16-5-2-12-10(7-16)3-6-18-12;/h3,6,11H,1-2,4-5,7-9,14H2;1H. The fourth-order valence-corrected chi connectivity index (χ4v) is 3.65. The molecule has 1 aromatic heterocycles. The average Bonchev–Trinajstić information content (AvgIpc) is 2.96. The van der Waals surface area contributed by atoms with Gasteiger partial charge in [0.15, 0.2) is 0 Å². The van der Waals surface area contributed by atoms with Gasteiger partial charge in [0.1, 0.15) is 0 Å². The van der Waals surface area contributed by atoms with Gasteiger partial charge in [-0.1, -0.05) is 0 Å². The van der Waals surface area contributed by atoms with Crippen LogP contribution in [0.2, 0.25) is 0 Å².